The average Bonchev–Trinajstić information content (AvgIpc) is 3.55. The Morgan fingerprint density at radius 2 is 1.35 bits per heavy atom. The predicted molar refractivity (Wildman–Crippen MR) is 137 cm³/mol. The van der Waals surface area contributed by atoms with Crippen molar-refractivity contribution >= 4 is 44.9 Å². The van der Waals surface area contributed by atoms with E-state index < -0.39 is 11.8 Å². The summed E-state index contributed by atoms with van der Waals surface area (Å²) in [5.41, 5.74) is 3.48. The normalized spacial score (nSPS) is 13.9. The van der Waals surface area contributed by atoms with Crippen LogP contribution in [0.4, 0.5) is 0 Å². The molecule has 0 saturated carbocycles. The first-order valence-electron chi connectivity index (χ1n) is 12.1. The molecule has 192 valence electrons. The standard InChI is InChI=1S/C27H28N4O6/c32-10-14-36-12-8-30-16-20(18-4-1-2-6-22(18)30)23-24(27(35)29-26(23)34)21-17-31(9-13-37-15-11-33)25-19(21)5-3-7-28-25/h1-7,16-17,32-33H,8-15H2,(H,29,34,35). The maximum Gasteiger partial charge on any atom is 0.259 e. The lowest BCUT2D eigenvalue weighted by atomic mass is 9.96. The van der Waals surface area contributed by atoms with E-state index >= 15 is 0 Å². The monoisotopic (exact) mass is 504 g/mol. The van der Waals surface area contributed by atoms with E-state index in [-0.39, 0.29) is 26.4 Å². The van der Waals surface area contributed by atoms with E-state index in [1.807, 2.05) is 51.9 Å². The SMILES string of the molecule is O=C1NC(=O)C(c2cn(CCOCCO)c3ncccc23)=C1c1cn(CCOCCO)c2ccccc12. The first kappa shape index (κ1) is 24.8. The molecule has 1 aliphatic heterocycles. The third-order valence-corrected chi connectivity index (χ3v) is 6.32. The Kier molecular flexibility index (Phi) is 7.42. The zero-order valence-corrected chi connectivity index (χ0v) is 20.2. The lowest BCUT2D eigenvalue weighted by Crippen LogP contribution is -2.22. The molecule has 0 radical (unpaired) electrons. The molecule has 10 heteroatoms. The van der Waals surface area contributed by atoms with Crippen LogP contribution in [0.25, 0.3) is 33.1 Å². The number of carbonyl (C=O) groups excluding carboxylic acids is 2. The van der Waals surface area contributed by atoms with Gasteiger partial charge in [0.2, 0.25) is 0 Å². The van der Waals surface area contributed by atoms with Crippen LogP contribution in [0.2, 0.25) is 0 Å². The van der Waals surface area contributed by atoms with Gasteiger partial charge in [0.05, 0.1) is 50.8 Å². The summed E-state index contributed by atoms with van der Waals surface area (Å²) in [5.74, 6) is -0.905. The summed E-state index contributed by atoms with van der Waals surface area (Å²) >= 11 is 0. The van der Waals surface area contributed by atoms with Crippen molar-refractivity contribution in [1.82, 2.24) is 19.4 Å². The number of aliphatic hydroxyl groups excluding tert-OH is 2. The molecule has 4 heterocycles. The first-order valence-corrected chi connectivity index (χ1v) is 12.1. The molecule has 3 N–H and O–H groups in total. The average molecular weight is 505 g/mol. The topological polar surface area (TPSA) is 128 Å². The first-order chi connectivity index (χ1) is 18.1. The Balaban J connectivity index is 1.62. The Morgan fingerprint density at radius 3 is 2.05 bits per heavy atom. The minimum Gasteiger partial charge on any atom is -0.394 e. The van der Waals surface area contributed by atoms with Crippen molar-refractivity contribution < 1.29 is 29.3 Å². The van der Waals surface area contributed by atoms with Crippen LogP contribution in [0.15, 0.2) is 55.0 Å². The molecule has 5 rings (SSSR count). The number of pyridine rings is 1. The number of imide groups is 1. The van der Waals surface area contributed by atoms with Crippen LogP contribution in [-0.4, -0.2) is 75.8 Å². The number of fused-ring (bicyclic) bond motifs is 2. The number of hydrogen-bond donors (Lipinski definition) is 3. The van der Waals surface area contributed by atoms with Gasteiger partial charge in [0, 0.05) is 59.1 Å². The van der Waals surface area contributed by atoms with Gasteiger partial charge in [-0.1, -0.05) is 18.2 Å². The van der Waals surface area contributed by atoms with Crippen LogP contribution in [0.1, 0.15) is 11.1 Å². The number of nitrogens with one attached hydrogen (secondary N) is 1. The van der Waals surface area contributed by atoms with Crippen LogP contribution in [0.5, 0.6) is 0 Å². The van der Waals surface area contributed by atoms with Crippen molar-refractivity contribution in [2.24, 2.45) is 0 Å². The molecule has 4 aromatic rings. The molecular weight excluding hydrogens is 476 g/mol. The largest absolute Gasteiger partial charge is 0.394 e. The summed E-state index contributed by atoms with van der Waals surface area (Å²) in [7, 11) is 0. The molecule has 1 aliphatic rings. The van der Waals surface area contributed by atoms with Gasteiger partial charge in [0.25, 0.3) is 11.8 Å². The third-order valence-electron chi connectivity index (χ3n) is 6.32. The van der Waals surface area contributed by atoms with E-state index in [0.29, 0.717) is 54.2 Å². The highest BCUT2D eigenvalue weighted by atomic mass is 16.5. The van der Waals surface area contributed by atoms with Crippen molar-refractivity contribution in [2.45, 2.75) is 13.1 Å². The molecule has 0 fully saturated rings. The van der Waals surface area contributed by atoms with Crippen LogP contribution in [-0.2, 0) is 32.2 Å². The lowest BCUT2D eigenvalue weighted by Gasteiger charge is -2.05. The summed E-state index contributed by atoms with van der Waals surface area (Å²) in [6.45, 7) is 2.13. The number of rotatable bonds is 12. The zero-order chi connectivity index (χ0) is 25.8. The van der Waals surface area contributed by atoms with Crippen LogP contribution in [0.3, 0.4) is 0 Å². The van der Waals surface area contributed by atoms with Crippen LogP contribution < -0.4 is 5.32 Å². The number of hydrogen-bond acceptors (Lipinski definition) is 7. The van der Waals surface area contributed by atoms with Gasteiger partial charge in [-0.15, -0.1) is 0 Å². The molecule has 10 nitrogen and oxygen atoms in total. The highest BCUT2D eigenvalue weighted by Crippen LogP contribution is 2.38. The van der Waals surface area contributed by atoms with Gasteiger partial charge in [0.1, 0.15) is 5.65 Å². The number of para-hydroxylation sites is 1. The molecule has 0 spiro atoms. The van der Waals surface area contributed by atoms with Gasteiger partial charge >= 0.3 is 0 Å². The fourth-order valence-electron chi connectivity index (χ4n) is 4.75. The smallest absolute Gasteiger partial charge is 0.259 e. The van der Waals surface area contributed by atoms with Crippen molar-refractivity contribution in [3.8, 4) is 0 Å². The molecule has 0 unspecified atom stereocenters. The van der Waals surface area contributed by atoms with Crippen LogP contribution >= 0.6 is 0 Å². The van der Waals surface area contributed by atoms with Gasteiger partial charge in [-0.25, -0.2) is 4.98 Å². The number of carbonyl (C=O) groups is 2. The van der Waals surface area contributed by atoms with E-state index in [4.69, 9.17) is 19.7 Å². The Morgan fingerprint density at radius 1 is 0.757 bits per heavy atom. The van der Waals surface area contributed by atoms with Crippen molar-refractivity contribution in [2.75, 3.05) is 39.6 Å². The maximum absolute atomic E-state index is 13.2. The molecule has 3 aromatic heterocycles. The van der Waals surface area contributed by atoms with E-state index in [1.54, 1.807) is 12.3 Å². The highest BCUT2D eigenvalue weighted by Gasteiger charge is 2.35. The van der Waals surface area contributed by atoms with Crippen molar-refractivity contribution in [3.63, 3.8) is 0 Å². The van der Waals surface area contributed by atoms with E-state index in [2.05, 4.69) is 10.3 Å². The molecule has 0 aliphatic carbocycles. The zero-order valence-electron chi connectivity index (χ0n) is 20.2. The number of aliphatic hydroxyl groups is 2. The maximum atomic E-state index is 13.2. The predicted octanol–water partition coefficient (Wildman–Crippen LogP) is 1.58. The minimum absolute atomic E-state index is 0.0494. The second kappa shape index (κ2) is 11.1. The van der Waals surface area contributed by atoms with E-state index in [1.165, 1.54) is 0 Å². The minimum atomic E-state index is -0.456. The summed E-state index contributed by atoms with van der Waals surface area (Å²) in [6.07, 6.45) is 5.38. The Bertz CT molecular complexity index is 1370. The number of nitrogens with zero attached hydrogens (tertiary/aromatic N) is 3. The van der Waals surface area contributed by atoms with Gasteiger partial charge < -0.3 is 28.8 Å². The summed E-state index contributed by atoms with van der Waals surface area (Å²) in [6, 6.07) is 11.4. The van der Waals surface area contributed by atoms with Gasteiger partial charge in [-0.3, -0.25) is 14.9 Å². The summed E-state index contributed by atoms with van der Waals surface area (Å²) in [4.78, 5) is 30.9. The Labute approximate surface area is 212 Å². The lowest BCUT2D eigenvalue weighted by molar-refractivity contribution is -0.122. The number of benzene rings is 1. The Hall–Kier alpha value is -3.83. The third kappa shape index (κ3) is 4.79. The molecule has 37 heavy (non-hydrogen) atoms. The molecule has 1 aromatic carbocycles. The summed E-state index contributed by atoms with van der Waals surface area (Å²) < 4.78 is 14.8. The number of ether oxygens (including phenoxy) is 2. The van der Waals surface area contributed by atoms with Crippen molar-refractivity contribution in [1.29, 1.82) is 0 Å². The molecule has 0 bridgehead atoms. The number of aromatic nitrogens is 3. The molecular formula is C27H28N4O6. The number of amides is 2. The van der Waals surface area contributed by atoms with Crippen molar-refractivity contribution in [3.05, 3.63) is 66.1 Å². The van der Waals surface area contributed by atoms with E-state index in [9.17, 15) is 9.59 Å². The van der Waals surface area contributed by atoms with E-state index in [0.717, 1.165) is 16.3 Å². The van der Waals surface area contributed by atoms with Crippen LogP contribution in [0, 0.1) is 0 Å². The quantitative estimate of drug-likeness (QED) is 0.197. The fourth-order valence-corrected chi connectivity index (χ4v) is 4.75. The van der Waals surface area contributed by atoms with Gasteiger partial charge in [-0.05, 0) is 18.2 Å². The summed E-state index contributed by atoms with van der Waals surface area (Å²) in [5, 5.41) is 22.1. The fraction of sp³-hybridized carbons (Fsp3) is 0.296. The second-order valence-electron chi connectivity index (χ2n) is 8.57. The molecule has 0 saturated heterocycles. The molecule has 0 atom stereocenters. The van der Waals surface area contributed by atoms with Gasteiger partial charge in [-0.2, -0.15) is 0 Å². The second-order valence-corrected chi connectivity index (χ2v) is 8.57. The molecule has 2 amide bonds. The highest BCUT2D eigenvalue weighted by molar-refractivity contribution is 6.50. The van der Waals surface area contributed by atoms with Gasteiger partial charge in [0.15, 0.2) is 0 Å².